The zero-order valence-corrected chi connectivity index (χ0v) is 13.3. The molecule has 0 fully saturated rings. The predicted molar refractivity (Wildman–Crippen MR) is 89.4 cm³/mol. The van der Waals surface area contributed by atoms with Crippen molar-refractivity contribution in [3.63, 3.8) is 0 Å². The number of anilines is 1. The summed E-state index contributed by atoms with van der Waals surface area (Å²) < 4.78 is 0. The van der Waals surface area contributed by atoms with E-state index in [-0.39, 0.29) is 11.6 Å². The molecule has 0 saturated heterocycles. The molecular weight excluding hydrogens is 296 g/mol. The molecule has 0 aliphatic carbocycles. The fourth-order valence-electron chi connectivity index (χ4n) is 2.47. The molecule has 1 amide bonds. The number of non-ortho nitro benzene ring substituents is 1. The summed E-state index contributed by atoms with van der Waals surface area (Å²) in [6, 6.07) is 4.41. The van der Waals surface area contributed by atoms with Gasteiger partial charge in [-0.15, -0.1) is 0 Å². The Morgan fingerprint density at radius 3 is 2.74 bits per heavy atom. The lowest BCUT2D eigenvalue weighted by Crippen LogP contribution is -2.11. The number of benzene rings is 1. The Hall–Kier alpha value is -2.44. The Morgan fingerprint density at radius 2 is 2.00 bits per heavy atom. The standard InChI is InChI=1S/C16H22N4O3/c1-2-3-4-5-6-7-8-15(21)17-16-13-11-12(20(22)23)9-10-14(13)18-19-16/h9-11H,2-8H2,1H3,(H2,17,18,19,21). The third kappa shape index (κ3) is 4.77. The first-order chi connectivity index (χ1) is 11.1. The van der Waals surface area contributed by atoms with E-state index in [2.05, 4.69) is 22.4 Å². The third-order valence-electron chi connectivity index (χ3n) is 3.77. The smallest absolute Gasteiger partial charge is 0.270 e. The van der Waals surface area contributed by atoms with E-state index in [1.807, 2.05) is 0 Å². The van der Waals surface area contributed by atoms with Gasteiger partial charge in [-0.1, -0.05) is 39.0 Å². The summed E-state index contributed by atoms with van der Waals surface area (Å²) in [7, 11) is 0. The maximum atomic E-state index is 12.0. The molecule has 7 nitrogen and oxygen atoms in total. The van der Waals surface area contributed by atoms with Crippen LogP contribution in [0, 0.1) is 10.1 Å². The van der Waals surface area contributed by atoms with Crippen LogP contribution < -0.4 is 5.32 Å². The number of aromatic amines is 1. The number of nitro groups is 1. The molecule has 2 aromatic rings. The second kappa shape index (κ2) is 8.26. The highest BCUT2D eigenvalue weighted by Gasteiger charge is 2.13. The highest BCUT2D eigenvalue weighted by Crippen LogP contribution is 2.25. The van der Waals surface area contributed by atoms with Crippen LogP contribution in [0.4, 0.5) is 11.5 Å². The quantitative estimate of drug-likeness (QED) is 0.412. The van der Waals surface area contributed by atoms with Gasteiger partial charge in [0.2, 0.25) is 5.91 Å². The first-order valence-electron chi connectivity index (χ1n) is 8.04. The number of rotatable bonds is 9. The Labute approximate surface area is 134 Å². The van der Waals surface area contributed by atoms with E-state index < -0.39 is 4.92 Å². The van der Waals surface area contributed by atoms with E-state index >= 15 is 0 Å². The molecule has 0 radical (unpaired) electrons. The average Bonchev–Trinajstić information content (AvgIpc) is 2.93. The van der Waals surface area contributed by atoms with Crippen molar-refractivity contribution in [2.24, 2.45) is 0 Å². The Balaban J connectivity index is 1.89. The van der Waals surface area contributed by atoms with Crippen LogP contribution in [0.15, 0.2) is 18.2 Å². The largest absolute Gasteiger partial charge is 0.309 e. The monoisotopic (exact) mass is 318 g/mol. The van der Waals surface area contributed by atoms with E-state index in [0.717, 1.165) is 19.3 Å². The Bertz CT molecular complexity index is 681. The second-order valence-electron chi connectivity index (χ2n) is 5.63. The fraction of sp³-hybridized carbons (Fsp3) is 0.500. The summed E-state index contributed by atoms with van der Waals surface area (Å²) >= 11 is 0. The summed E-state index contributed by atoms with van der Waals surface area (Å²) in [6.07, 6.45) is 7.14. The molecule has 23 heavy (non-hydrogen) atoms. The van der Waals surface area contributed by atoms with Gasteiger partial charge in [0.05, 0.1) is 15.8 Å². The highest BCUT2D eigenvalue weighted by molar-refractivity contribution is 6.00. The van der Waals surface area contributed by atoms with Gasteiger partial charge in [-0.25, -0.2) is 0 Å². The van der Waals surface area contributed by atoms with Crippen LogP contribution in [0.5, 0.6) is 0 Å². The van der Waals surface area contributed by atoms with E-state index in [4.69, 9.17) is 0 Å². The van der Waals surface area contributed by atoms with Gasteiger partial charge in [0.25, 0.3) is 5.69 Å². The average molecular weight is 318 g/mol. The van der Waals surface area contributed by atoms with Crippen LogP contribution in [-0.2, 0) is 4.79 Å². The summed E-state index contributed by atoms with van der Waals surface area (Å²) in [5, 5.41) is 20.9. The summed E-state index contributed by atoms with van der Waals surface area (Å²) in [4.78, 5) is 22.3. The lowest BCUT2D eigenvalue weighted by molar-refractivity contribution is -0.384. The number of fused-ring (bicyclic) bond motifs is 1. The van der Waals surface area contributed by atoms with Gasteiger partial charge in [-0.2, -0.15) is 5.10 Å². The van der Waals surface area contributed by atoms with Crippen LogP contribution in [0.1, 0.15) is 51.9 Å². The lowest BCUT2D eigenvalue weighted by Gasteiger charge is -2.03. The van der Waals surface area contributed by atoms with Crippen molar-refractivity contribution < 1.29 is 9.72 Å². The second-order valence-corrected chi connectivity index (χ2v) is 5.63. The van der Waals surface area contributed by atoms with Gasteiger partial charge in [-0.05, 0) is 12.5 Å². The van der Waals surface area contributed by atoms with Gasteiger partial charge in [-0.3, -0.25) is 20.0 Å². The van der Waals surface area contributed by atoms with Crippen molar-refractivity contribution in [3.8, 4) is 0 Å². The Kier molecular flexibility index (Phi) is 6.08. The predicted octanol–water partition coefficient (Wildman–Crippen LogP) is 4.16. The molecular formula is C16H22N4O3. The van der Waals surface area contributed by atoms with Crippen LogP contribution >= 0.6 is 0 Å². The number of carbonyl (C=O) groups excluding carboxylic acids is 1. The van der Waals surface area contributed by atoms with E-state index in [9.17, 15) is 14.9 Å². The fourth-order valence-corrected chi connectivity index (χ4v) is 2.47. The van der Waals surface area contributed by atoms with Gasteiger partial charge >= 0.3 is 0 Å². The first kappa shape index (κ1) is 16.9. The number of nitro benzene ring substituents is 1. The normalized spacial score (nSPS) is 10.8. The van der Waals surface area contributed by atoms with Crippen molar-refractivity contribution in [1.82, 2.24) is 10.2 Å². The molecule has 1 heterocycles. The summed E-state index contributed by atoms with van der Waals surface area (Å²) in [5.41, 5.74) is 0.635. The molecule has 0 unspecified atom stereocenters. The van der Waals surface area contributed by atoms with Crippen LogP contribution in [-0.4, -0.2) is 21.0 Å². The van der Waals surface area contributed by atoms with Crippen LogP contribution in [0.3, 0.4) is 0 Å². The minimum atomic E-state index is -0.464. The molecule has 124 valence electrons. The molecule has 0 saturated carbocycles. The van der Waals surface area contributed by atoms with Crippen molar-refractivity contribution in [2.75, 3.05) is 5.32 Å². The molecule has 0 bridgehead atoms. The van der Waals surface area contributed by atoms with E-state index in [0.29, 0.717) is 23.1 Å². The number of H-pyrrole nitrogens is 1. The number of aromatic nitrogens is 2. The first-order valence-corrected chi connectivity index (χ1v) is 8.04. The van der Waals surface area contributed by atoms with Crippen LogP contribution in [0.25, 0.3) is 10.9 Å². The molecule has 0 aliphatic heterocycles. The molecule has 0 aliphatic rings. The molecule has 0 spiro atoms. The van der Waals surface area contributed by atoms with Gasteiger partial charge in [0.15, 0.2) is 5.82 Å². The molecule has 2 rings (SSSR count). The topological polar surface area (TPSA) is 101 Å². The minimum Gasteiger partial charge on any atom is -0.309 e. The molecule has 2 N–H and O–H groups in total. The number of unbranched alkanes of at least 4 members (excludes halogenated alkanes) is 5. The van der Waals surface area contributed by atoms with Crippen molar-refractivity contribution >= 4 is 28.3 Å². The third-order valence-corrected chi connectivity index (χ3v) is 3.77. The highest BCUT2D eigenvalue weighted by atomic mass is 16.6. The number of hydrogen-bond donors (Lipinski definition) is 2. The molecule has 1 aromatic heterocycles. The Morgan fingerprint density at radius 1 is 1.26 bits per heavy atom. The number of nitrogens with zero attached hydrogens (tertiary/aromatic N) is 2. The molecule has 0 atom stereocenters. The zero-order chi connectivity index (χ0) is 16.7. The number of hydrogen-bond acceptors (Lipinski definition) is 4. The van der Waals surface area contributed by atoms with E-state index in [1.54, 1.807) is 6.07 Å². The molecule has 1 aromatic carbocycles. The number of amides is 1. The van der Waals surface area contributed by atoms with Crippen molar-refractivity contribution in [2.45, 2.75) is 51.9 Å². The van der Waals surface area contributed by atoms with Gasteiger partial charge < -0.3 is 5.32 Å². The molecule has 7 heteroatoms. The SMILES string of the molecule is CCCCCCCCC(=O)Nc1n[nH]c2ccc([N+](=O)[O-])cc12. The van der Waals surface area contributed by atoms with Gasteiger partial charge in [0, 0.05) is 18.6 Å². The zero-order valence-electron chi connectivity index (χ0n) is 13.3. The number of carbonyl (C=O) groups is 1. The lowest BCUT2D eigenvalue weighted by atomic mass is 10.1. The van der Waals surface area contributed by atoms with Crippen LogP contribution in [0.2, 0.25) is 0 Å². The maximum absolute atomic E-state index is 12.0. The van der Waals surface area contributed by atoms with E-state index in [1.165, 1.54) is 31.4 Å². The van der Waals surface area contributed by atoms with Gasteiger partial charge in [0.1, 0.15) is 0 Å². The summed E-state index contributed by atoms with van der Waals surface area (Å²) in [6.45, 7) is 2.17. The number of nitrogens with one attached hydrogen (secondary N) is 2. The van der Waals surface area contributed by atoms with Crippen molar-refractivity contribution in [3.05, 3.63) is 28.3 Å². The summed E-state index contributed by atoms with van der Waals surface area (Å²) in [5.74, 6) is 0.236. The minimum absolute atomic E-state index is 0.0228. The maximum Gasteiger partial charge on any atom is 0.270 e. The van der Waals surface area contributed by atoms with Crippen molar-refractivity contribution in [1.29, 1.82) is 0 Å².